The molecule has 0 radical (unpaired) electrons. The van der Waals surface area contributed by atoms with Gasteiger partial charge in [-0.1, -0.05) is 37.3 Å². The van der Waals surface area contributed by atoms with E-state index in [0.717, 1.165) is 13.0 Å². The van der Waals surface area contributed by atoms with E-state index in [1.807, 2.05) is 7.05 Å². The third-order valence-electron chi connectivity index (χ3n) is 3.56. The molecule has 0 aliphatic carbocycles. The third kappa shape index (κ3) is 2.28. The summed E-state index contributed by atoms with van der Waals surface area (Å²) in [5.41, 5.74) is 1.37. The number of nitrogens with one attached hydrogen (secondary N) is 1. The van der Waals surface area contributed by atoms with Gasteiger partial charge >= 0.3 is 0 Å². The Morgan fingerprint density at radius 3 is 2.75 bits per heavy atom. The van der Waals surface area contributed by atoms with Crippen molar-refractivity contribution in [1.29, 1.82) is 0 Å². The van der Waals surface area contributed by atoms with Gasteiger partial charge in [0.2, 0.25) is 0 Å². The van der Waals surface area contributed by atoms with Crippen LogP contribution in [0.4, 0.5) is 0 Å². The molecule has 0 aromatic heterocycles. The second-order valence-corrected chi connectivity index (χ2v) is 4.45. The molecule has 1 N–H and O–H groups in total. The number of benzene rings is 1. The van der Waals surface area contributed by atoms with E-state index in [9.17, 15) is 0 Å². The van der Waals surface area contributed by atoms with Crippen LogP contribution in [0.5, 0.6) is 0 Å². The summed E-state index contributed by atoms with van der Waals surface area (Å²) in [6, 6.07) is 11.1. The van der Waals surface area contributed by atoms with E-state index < -0.39 is 0 Å². The molecule has 2 rings (SSSR count). The van der Waals surface area contributed by atoms with E-state index >= 15 is 0 Å². The van der Waals surface area contributed by atoms with Crippen molar-refractivity contribution < 1.29 is 4.74 Å². The van der Waals surface area contributed by atoms with Gasteiger partial charge in [0.05, 0.1) is 6.10 Å². The van der Waals surface area contributed by atoms with Gasteiger partial charge in [-0.15, -0.1) is 0 Å². The van der Waals surface area contributed by atoms with Crippen LogP contribution in [0.25, 0.3) is 0 Å². The monoisotopic (exact) mass is 219 g/mol. The topological polar surface area (TPSA) is 21.3 Å². The first-order chi connectivity index (χ1) is 7.86. The van der Waals surface area contributed by atoms with Gasteiger partial charge in [-0.2, -0.15) is 0 Å². The molecule has 1 aromatic rings. The van der Waals surface area contributed by atoms with Crippen molar-refractivity contribution in [2.24, 2.45) is 5.92 Å². The van der Waals surface area contributed by atoms with Crippen LogP contribution in [0.1, 0.15) is 31.4 Å². The molecule has 0 amide bonds. The van der Waals surface area contributed by atoms with E-state index in [2.05, 4.69) is 42.6 Å². The molecule has 0 saturated carbocycles. The second-order valence-electron chi connectivity index (χ2n) is 4.45. The van der Waals surface area contributed by atoms with Crippen LogP contribution in [0, 0.1) is 5.92 Å². The van der Waals surface area contributed by atoms with Crippen LogP contribution in [-0.4, -0.2) is 19.8 Å². The first-order valence-electron chi connectivity index (χ1n) is 6.20. The Hall–Kier alpha value is -0.860. The van der Waals surface area contributed by atoms with Gasteiger partial charge in [0.25, 0.3) is 0 Å². The molecular weight excluding hydrogens is 198 g/mol. The summed E-state index contributed by atoms with van der Waals surface area (Å²) in [7, 11) is 2.04. The molecule has 16 heavy (non-hydrogen) atoms. The van der Waals surface area contributed by atoms with Crippen molar-refractivity contribution >= 4 is 0 Å². The maximum Gasteiger partial charge on any atom is 0.0619 e. The number of rotatable bonds is 4. The predicted octanol–water partition coefficient (Wildman–Crippen LogP) is 2.76. The molecule has 0 bridgehead atoms. The summed E-state index contributed by atoms with van der Waals surface area (Å²) in [5, 5.41) is 3.44. The minimum atomic E-state index is 0.414. The SMILES string of the molecule is CCC1OCCC1C(NC)c1ccccc1. The normalized spacial score (nSPS) is 26.9. The zero-order valence-electron chi connectivity index (χ0n) is 10.1. The smallest absolute Gasteiger partial charge is 0.0619 e. The van der Waals surface area contributed by atoms with Crippen molar-refractivity contribution in [1.82, 2.24) is 5.32 Å². The molecule has 1 aliphatic rings. The Balaban J connectivity index is 2.16. The lowest BCUT2D eigenvalue weighted by molar-refractivity contribution is 0.0782. The summed E-state index contributed by atoms with van der Waals surface area (Å²) in [4.78, 5) is 0. The van der Waals surface area contributed by atoms with Gasteiger partial charge in [0.15, 0.2) is 0 Å². The van der Waals surface area contributed by atoms with E-state index in [1.165, 1.54) is 12.0 Å². The zero-order chi connectivity index (χ0) is 11.4. The van der Waals surface area contributed by atoms with Crippen molar-refractivity contribution in [3.05, 3.63) is 35.9 Å². The molecule has 0 spiro atoms. The predicted molar refractivity (Wildman–Crippen MR) is 66.4 cm³/mol. The Kier molecular flexibility index (Phi) is 3.97. The minimum Gasteiger partial charge on any atom is -0.378 e. The van der Waals surface area contributed by atoms with E-state index in [0.29, 0.717) is 18.1 Å². The van der Waals surface area contributed by atoms with Crippen LogP contribution in [0.3, 0.4) is 0 Å². The van der Waals surface area contributed by atoms with Gasteiger partial charge in [-0.25, -0.2) is 0 Å². The quantitative estimate of drug-likeness (QED) is 0.840. The third-order valence-corrected chi connectivity index (χ3v) is 3.56. The Morgan fingerprint density at radius 1 is 1.38 bits per heavy atom. The van der Waals surface area contributed by atoms with E-state index in [1.54, 1.807) is 0 Å². The van der Waals surface area contributed by atoms with Crippen molar-refractivity contribution in [2.45, 2.75) is 31.9 Å². The van der Waals surface area contributed by atoms with Crippen LogP contribution in [0.15, 0.2) is 30.3 Å². The summed E-state index contributed by atoms with van der Waals surface area (Å²) in [5.74, 6) is 0.609. The highest BCUT2D eigenvalue weighted by Crippen LogP contribution is 2.34. The lowest BCUT2D eigenvalue weighted by Crippen LogP contribution is -2.30. The Labute approximate surface area is 98.0 Å². The largest absolute Gasteiger partial charge is 0.378 e. The van der Waals surface area contributed by atoms with E-state index in [-0.39, 0.29) is 0 Å². The number of ether oxygens (including phenoxy) is 1. The van der Waals surface area contributed by atoms with Crippen molar-refractivity contribution in [2.75, 3.05) is 13.7 Å². The number of hydrogen-bond acceptors (Lipinski definition) is 2. The first kappa shape index (κ1) is 11.6. The van der Waals surface area contributed by atoms with Gasteiger partial charge in [-0.05, 0) is 25.5 Å². The average molecular weight is 219 g/mol. The minimum absolute atomic E-state index is 0.414. The van der Waals surface area contributed by atoms with Gasteiger partial charge in [0, 0.05) is 18.6 Å². The molecule has 3 unspecified atom stereocenters. The Morgan fingerprint density at radius 2 is 2.12 bits per heavy atom. The molecule has 88 valence electrons. The van der Waals surface area contributed by atoms with Crippen LogP contribution < -0.4 is 5.32 Å². The summed E-state index contributed by atoms with van der Waals surface area (Å²) >= 11 is 0. The summed E-state index contributed by atoms with van der Waals surface area (Å²) in [6.45, 7) is 3.12. The standard InChI is InChI=1S/C14H21NO/c1-3-13-12(9-10-16-13)14(15-2)11-7-5-4-6-8-11/h4-8,12-15H,3,9-10H2,1-2H3. The summed E-state index contributed by atoms with van der Waals surface area (Å²) in [6.07, 6.45) is 2.69. The van der Waals surface area contributed by atoms with Gasteiger partial charge in [-0.3, -0.25) is 0 Å². The molecule has 1 heterocycles. The lowest BCUT2D eigenvalue weighted by Gasteiger charge is -2.27. The van der Waals surface area contributed by atoms with Gasteiger partial charge < -0.3 is 10.1 Å². The van der Waals surface area contributed by atoms with Crippen molar-refractivity contribution in [3.63, 3.8) is 0 Å². The molecule has 1 fully saturated rings. The molecular formula is C14H21NO. The van der Waals surface area contributed by atoms with E-state index in [4.69, 9.17) is 4.74 Å². The second kappa shape index (κ2) is 5.46. The summed E-state index contributed by atoms with van der Waals surface area (Å²) < 4.78 is 5.78. The zero-order valence-corrected chi connectivity index (χ0v) is 10.1. The Bertz CT molecular complexity index is 312. The molecule has 2 nitrogen and oxygen atoms in total. The maximum atomic E-state index is 5.78. The highest BCUT2D eigenvalue weighted by atomic mass is 16.5. The molecule has 1 aliphatic heterocycles. The molecule has 3 atom stereocenters. The van der Waals surface area contributed by atoms with Gasteiger partial charge in [0.1, 0.15) is 0 Å². The first-order valence-corrected chi connectivity index (χ1v) is 6.20. The lowest BCUT2D eigenvalue weighted by atomic mass is 9.87. The maximum absolute atomic E-state index is 5.78. The average Bonchev–Trinajstić information content (AvgIpc) is 2.80. The fourth-order valence-corrected chi connectivity index (χ4v) is 2.76. The number of hydrogen-bond donors (Lipinski definition) is 1. The van der Waals surface area contributed by atoms with Crippen molar-refractivity contribution in [3.8, 4) is 0 Å². The van der Waals surface area contributed by atoms with Crippen LogP contribution in [0.2, 0.25) is 0 Å². The fraction of sp³-hybridized carbons (Fsp3) is 0.571. The molecule has 2 heteroatoms. The molecule has 1 aromatic carbocycles. The highest BCUT2D eigenvalue weighted by Gasteiger charge is 2.33. The van der Waals surface area contributed by atoms with Crippen LogP contribution >= 0.6 is 0 Å². The highest BCUT2D eigenvalue weighted by molar-refractivity contribution is 5.20. The molecule has 1 saturated heterocycles. The fourth-order valence-electron chi connectivity index (χ4n) is 2.76. The van der Waals surface area contributed by atoms with Crippen LogP contribution in [-0.2, 0) is 4.74 Å².